The maximum atomic E-state index is 13.2. The van der Waals surface area contributed by atoms with Crippen LogP contribution in [0.4, 0.5) is 0 Å². The Morgan fingerprint density at radius 1 is 0.589 bits per heavy atom. The highest BCUT2D eigenvalue weighted by Gasteiger charge is 2.21. The van der Waals surface area contributed by atoms with Crippen molar-refractivity contribution in [2.45, 2.75) is 83.8 Å². The number of carbonyl (C=O) groups excluding carboxylic acids is 4. The zero-order chi connectivity index (χ0) is 40.4. The predicted molar refractivity (Wildman–Crippen MR) is 210 cm³/mol. The molecule has 0 bridgehead atoms. The van der Waals surface area contributed by atoms with Gasteiger partial charge in [0.05, 0.1) is 38.6 Å². The van der Waals surface area contributed by atoms with Gasteiger partial charge in [-0.25, -0.2) is 19.2 Å². The van der Waals surface area contributed by atoms with E-state index in [0.29, 0.717) is 49.9 Å². The molecule has 0 amide bonds. The molecule has 0 aliphatic heterocycles. The molecule has 0 heterocycles. The van der Waals surface area contributed by atoms with Crippen LogP contribution in [0.2, 0.25) is 0 Å². The lowest BCUT2D eigenvalue weighted by atomic mass is 10.1. The van der Waals surface area contributed by atoms with Crippen molar-refractivity contribution in [3.8, 4) is 23.0 Å². The molecule has 3 aromatic carbocycles. The molecule has 0 radical (unpaired) electrons. The molecule has 1 unspecified atom stereocenters. The lowest BCUT2D eigenvalue weighted by Gasteiger charge is -2.16. The topological polar surface area (TPSA) is 153 Å². The average Bonchev–Trinajstić information content (AvgIpc) is 3.22. The molecular formula is C44H54O12. The zero-order valence-electron chi connectivity index (χ0n) is 32.2. The molecule has 0 aliphatic carbocycles. The fourth-order valence-electron chi connectivity index (χ4n) is 5.16. The number of ether oxygens (including phenoxy) is 7. The van der Waals surface area contributed by atoms with Gasteiger partial charge in [-0.1, -0.05) is 32.9 Å². The van der Waals surface area contributed by atoms with Crippen LogP contribution in [0.3, 0.4) is 0 Å². The number of aliphatic hydroxyl groups is 1. The predicted octanol–water partition coefficient (Wildman–Crippen LogP) is 8.66. The van der Waals surface area contributed by atoms with Crippen molar-refractivity contribution in [1.82, 2.24) is 0 Å². The molecule has 0 aromatic heterocycles. The first-order valence-electron chi connectivity index (χ1n) is 19.2. The molecule has 3 rings (SSSR count). The van der Waals surface area contributed by atoms with Crippen LogP contribution in [0.25, 0.3) is 0 Å². The summed E-state index contributed by atoms with van der Waals surface area (Å²) in [6.07, 6.45) is 10.3. The van der Waals surface area contributed by atoms with Crippen LogP contribution >= 0.6 is 0 Å². The third-order valence-corrected chi connectivity index (χ3v) is 8.29. The summed E-state index contributed by atoms with van der Waals surface area (Å²) in [5.41, 5.74) is 0.683. The van der Waals surface area contributed by atoms with Gasteiger partial charge in [0.1, 0.15) is 28.6 Å². The lowest BCUT2D eigenvalue weighted by molar-refractivity contribution is -0.138. The molecule has 12 heteroatoms. The van der Waals surface area contributed by atoms with Crippen LogP contribution in [0.15, 0.2) is 92.0 Å². The van der Waals surface area contributed by atoms with E-state index >= 15 is 0 Å². The zero-order valence-corrected chi connectivity index (χ0v) is 32.2. The van der Waals surface area contributed by atoms with Gasteiger partial charge in [-0.3, -0.25) is 0 Å². The normalized spacial score (nSPS) is 11.1. The minimum atomic E-state index is -1.37. The minimum Gasteiger partial charge on any atom is -0.494 e. The van der Waals surface area contributed by atoms with Crippen molar-refractivity contribution < 1.29 is 57.4 Å². The van der Waals surface area contributed by atoms with E-state index in [2.05, 4.69) is 13.2 Å². The van der Waals surface area contributed by atoms with E-state index in [-0.39, 0.29) is 29.2 Å². The van der Waals surface area contributed by atoms with Crippen LogP contribution in [-0.4, -0.2) is 62.0 Å². The number of benzene rings is 3. The van der Waals surface area contributed by atoms with Crippen LogP contribution in [0.1, 0.15) is 110 Å². The number of unbranched alkanes of at least 4 members (excludes halogenated alkanes) is 8. The monoisotopic (exact) mass is 774 g/mol. The van der Waals surface area contributed by atoms with Crippen molar-refractivity contribution in [3.63, 3.8) is 0 Å². The van der Waals surface area contributed by atoms with Crippen molar-refractivity contribution in [2.75, 3.05) is 33.0 Å². The SMILES string of the molecule is C=CC(=O)OCCCCCCOc1ccc(C(=O)Oc2ccc(OC(O)c3ccc(OCCCCCCOC(=O)C=C)cc3)cc2C(=O)OCCCCC)cc1. The molecule has 0 spiro atoms. The molecule has 0 aliphatic rings. The van der Waals surface area contributed by atoms with Gasteiger partial charge < -0.3 is 38.3 Å². The first-order valence-corrected chi connectivity index (χ1v) is 19.2. The highest BCUT2D eigenvalue weighted by Crippen LogP contribution is 2.29. The number of carbonyl (C=O) groups is 4. The third-order valence-electron chi connectivity index (χ3n) is 8.29. The van der Waals surface area contributed by atoms with Crippen LogP contribution < -0.4 is 18.9 Å². The Hall–Kier alpha value is -5.62. The average molecular weight is 775 g/mol. The smallest absolute Gasteiger partial charge is 0.343 e. The van der Waals surface area contributed by atoms with Crippen molar-refractivity contribution >= 4 is 23.9 Å². The van der Waals surface area contributed by atoms with E-state index in [9.17, 15) is 24.3 Å². The van der Waals surface area contributed by atoms with E-state index in [1.807, 2.05) is 6.92 Å². The molecule has 0 saturated carbocycles. The van der Waals surface area contributed by atoms with Crippen molar-refractivity contribution in [3.05, 3.63) is 109 Å². The summed E-state index contributed by atoms with van der Waals surface area (Å²) in [6.45, 7) is 10.7. The largest absolute Gasteiger partial charge is 0.494 e. The van der Waals surface area contributed by atoms with Gasteiger partial charge in [0, 0.05) is 17.7 Å². The highest BCUT2D eigenvalue weighted by atomic mass is 16.6. The Kier molecular flexibility index (Phi) is 21.0. The molecule has 1 atom stereocenters. The Morgan fingerprint density at radius 2 is 1.07 bits per heavy atom. The van der Waals surface area contributed by atoms with Gasteiger partial charge in [0.2, 0.25) is 6.29 Å². The second-order valence-corrected chi connectivity index (χ2v) is 12.7. The third kappa shape index (κ3) is 17.2. The highest BCUT2D eigenvalue weighted by molar-refractivity contribution is 5.96. The number of hydrogen-bond donors (Lipinski definition) is 1. The van der Waals surface area contributed by atoms with Crippen molar-refractivity contribution in [2.24, 2.45) is 0 Å². The first kappa shape index (κ1) is 44.8. The van der Waals surface area contributed by atoms with Gasteiger partial charge in [0.25, 0.3) is 0 Å². The molecule has 0 fully saturated rings. The Bertz CT molecular complexity index is 1670. The number of esters is 4. The Balaban J connectivity index is 1.53. The number of rotatable bonds is 28. The molecule has 12 nitrogen and oxygen atoms in total. The number of hydrogen-bond acceptors (Lipinski definition) is 12. The van der Waals surface area contributed by atoms with E-state index in [0.717, 1.165) is 76.4 Å². The summed E-state index contributed by atoms with van der Waals surface area (Å²) in [7, 11) is 0. The molecule has 302 valence electrons. The summed E-state index contributed by atoms with van der Waals surface area (Å²) in [5, 5.41) is 10.9. The van der Waals surface area contributed by atoms with Crippen LogP contribution in [-0.2, 0) is 23.8 Å². The summed E-state index contributed by atoms with van der Waals surface area (Å²) >= 11 is 0. The Morgan fingerprint density at radius 3 is 1.61 bits per heavy atom. The maximum Gasteiger partial charge on any atom is 0.343 e. The molecule has 0 saturated heterocycles. The van der Waals surface area contributed by atoms with Gasteiger partial charge in [-0.2, -0.15) is 0 Å². The second-order valence-electron chi connectivity index (χ2n) is 12.7. The number of aliphatic hydroxyl groups excluding tert-OH is 1. The van der Waals surface area contributed by atoms with Gasteiger partial charge in [-0.15, -0.1) is 0 Å². The standard InChI is InChI=1S/C44H54O12/c1-4-7-12-31-54-44(49)38-32-37(55-42(47)33-17-21-35(22-18-33)50-27-13-8-10-15-29-52-40(45)5-2)25-26-39(38)56-43(48)34-19-23-36(24-20-34)51-28-14-9-11-16-30-53-41(46)6-3/h5-6,17-26,32,42,47H,2-4,7-16,27-31H2,1H3. The maximum absolute atomic E-state index is 13.2. The van der Waals surface area contributed by atoms with Crippen LogP contribution in [0, 0.1) is 0 Å². The second kappa shape index (κ2) is 26.2. The first-order chi connectivity index (χ1) is 27.2. The molecule has 3 aromatic rings. The quantitative estimate of drug-likeness (QED) is 0.0188. The van der Waals surface area contributed by atoms with Gasteiger partial charge in [-0.05, 0) is 125 Å². The van der Waals surface area contributed by atoms with E-state index in [4.69, 9.17) is 33.2 Å². The molecule has 1 N–H and O–H groups in total. The Labute approximate surface area is 329 Å². The summed E-state index contributed by atoms with van der Waals surface area (Å²) in [6, 6.07) is 17.6. The molecular weight excluding hydrogens is 720 g/mol. The van der Waals surface area contributed by atoms with E-state index in [1.54, 1.807) is 48.5 Å². The van der Waals surface area contributed by atoms with Gasteiger partial charge >= 0.3 is 23.9 Å². The van der Waals surface area contributed by atoms with Gasteiger partial charge in [0.15, 0.2) is 0 Å². The van der Waals surface area contributed by atoms with Crippen molar-refractivity contribution in [1.29, 1.82) is 0 Å². The van der Waals surface area contributed by atoms with E-state index < -0.39 is 30.2 Å². The summed E-state index contributed by atoms with van der Waals surface area (Å²) in [4.78, 5) is 48.5. The molecule has 56 heavy (non-hydrogen) atoms. The lowest BCUT2D eigenvalue weighted by Crippen LogP contribution is -2.14. The van der Waals surface area contributed by atoms with E-state index in [1.165, 1.54) is 18.2 Å². The van der Waals surface area contributed by atoms with Crippen LogP contribution in [0.5, 0.6) is 23.0 Å². The minimum absolute atomic E-state index is 0.0189. The fraction of sp³-hybridized carbons (Fsp3) is 0.409. The summed E-state index contributed by atoms with van der Waals surface area (Å²) < 4.78 is 38.4. The summed E-state index contributed by atoms with van der Waals surface area (Å²) in [5.74, 6) is -0.843. The fourth-order valence-corrected chi connectivity index (χ4v) is 5.16.